The summed E-state index contributed by atoms with van der Waals surface area (Å²) in [5.74, 6) is 0.915. The van der Waals surface area contributed by atoms with Crippen LogP contribution in [0.15, 0.2) is 0 Å². The number of rotatable bonds is 4. The average Bonchev–Trinajstić information content (AvgIpc) is 2.26. The van der Waals surface area contributed by atoms with Crippen LogP contribution in [-0.4, -0.2) is 30.9 Å². The van der Waals surface area contributed by atoms with Crippen molar-refractivity contribution in [2.24, 2.45) is 11.8 Å². The maximum Gasteiger partial charge on any atom is 0.233 e. The predicted octanol–water partition coefficient (Wildman–Crippen LogP) is 1.48. The van der Waals surface area contributed by atoms with Crippen molar-refractivity contribution in [3.8, 4) is 0 Å². The van der Waals surface area contributed by atoms with Crippen molar-refractivity contribution in [2.75, 3.05) is 19.8 Å². The van der Waals surface area contributed by atoms with Crippen LogP contribution >= 0.6 is 12.6 Å². The molecule has 88 valence electrons. The lowest BCUT2D eigenvalue weighted by Crippen LogP contribution is -2.38. The van der Waals surface area contributed by atoms with Gasteiger partial charge < -0.3 is 10.1 Å². The number of carbonyl (C=O) groups is 1. The fourth-order valence-corrected chi connectivity index (χ4v) is 1.69. The normalized spacial score (nSPS) is 20.3. The Morgan fingerprint density at radius 3 is 2.60 bits per heavy atom. The van der Waals surface area contributed by atoms with Gasteiger partial charge in [-0.1, -0.05) is 13.8 Å². The summed E-state index contributed by atoms with van der Waals surface area (Å²) in [4.78, 5) is 11.6. The Morgan fingerprint density at radius 1 is 1.47 bits per heavy atom. The maximum atomic E-state index is 11.6. The number of amides is 1. The molecule has 0 aliphatic carbocycles. The first-order chi connectivity index (χ1) is 7.11. The lowest BCUT2D eigenvalue weighted by Gasteiger charge is -2.23. The van der Waals surface area contributed by atoms with E-state index in [9.17, 15) is 4.79 Å². The zero-order valence-corrected chi connectivity index (χ0v) is 10.4. The van der Waals surface area contributed by atoms with E-state index >= 15 is 0 Å². The number of nitrogens with one attached hydrogen (secondary N) is 1. The Morgan fingerprint density at radius 2 is 2.07 bits per heavy atom. The van der Waals surface area contributed by atoms with Gasteiger partial charge in [-0.05, 0) is 24.7 Å². The highest BCUT2D eigenvalue weighted by Crippen LogP contribution is 2.14. The number of ether oxygens (including phenoxy) is 1. The van der Waals surface area contributed by atoms with Gasteiger partial charge in [0, 0.05) is 19.8 Å². The molecule has 0 radical (unpaired) electrons. The van der Waals surface area contributed by atoms with Crippen molar-refractivity contribution in [3.63, 3.8) is 0 Å². The van der Waals surface area contributed by atoms with Gasteiger partial charge in [-0.2, -0.15) is 12.6 Å². The van der Waals surface area contributed by atoms with E-state index in [4.69, 9.17) is 4.74 Å². The van der Waals surface area contributed by atoms with Gasteiger partial charge in [0.25, 0.3) is 0 Å². The van der Waals surface area contributed by atoms with Crippen molar-refractivity contribution in [1.29, 1.82) is 0 Å². The highest BCUT2D eigenvalue weighted by atomic mass is 32.1. The summed E-state index contributed by atoms with van der Waals surface area (Å²) in [6.45, 7) is 6.44. The molecule has 0 bridgehead atoms. The Hall–Kier alpha value is -0.220. The molecule has 0 saturated carbocycles. The molecule has 1 saturated heterocycles. The summed E-state index contributed by atoms with van der Waals surface area (Å²) in [6, 6.07) is 0. The summed E-state index contributed by atoms with van der Waals surface area (Å²) in [5, 5.41) is 2.77. The average molecular weight is 231 g/mol. The molecule has 3 nitrogen and oxygen atoms in total. The standard InChI is InChI=1S/C11H21NO2S/c1-8(2)10(15)11(13)12-7-9-3-5-14-6-4-9/h8-10,15H,3-7H2,1-2H3,(H,12,13). The molecule has 0 aromatic heterocycles. The molecule has 1 heterocycles. The lowest BCUT2D eigenvalue weighted by molar-refractivity contribution is -0.121. The van der Waals surface area contributed by atoms with E-state index in [0.29, 0.717) is 5.92 Å². The molecule has 4 heteroatoms. The molecule has 1 aliphatic heterocycles. The second kappa shape index (κ2) is 6.38. The fraction of sp³-hybridized carbons (Fsp3) is 0.909. The van der Waals surface area contributed by atoms with Gasteiger partial charge in [-0.25, -0.2) is 0 Å². The summed E-state index contributed by atoms with van der Waals surface area (Å²) >= 11 is 4.28. The molecule has 0 aromatic rings. The van der Waals surface area contributed by atoms with Gasteiger partial charge in [0.15, 0.2) is 0 Å². The van der Waals surface area contributed by atoms with Crippen molar-refractivity contribution in [2.45, 2.75) is 31.9 Å². The van der Waals surface area contributed by atoms with Crippen molar-refractivity contribution < 1.29 is 9.53 Å². The summed E-state index contributed by atoms with van der Waals surface area (Å²) in [6.07, 6.45) is 2.11. The van der Waals surface area contributed by atoms with E-state index in [2.05, 4.69) is 17.9 Å². The molecule has 1 aliphatic rings. The fourth-order valence-electron chi connectivity index (χ4n) is 1.60. The largest absolute Gasteiger partial charge is 0.381 e. The van der Waals surface area contributed by atoms with Crippen molar-refractivity contribution in [3.05, 3.63) is 0 Å². The molecule has 1 fully saturated rings. The predicted molar refractivity (Wildman–Crippen MR) is 64.2 cm³/mol. The molecule has 0 spiro atoms. The second-order valence-corrected chi connectivity index (χ2v) is 5.05. The molecule has 1 amide bonds. The van der Waals surface area contributed by atoms with Crippen molar-refractivity contribution >= 4 is 18.5 Å². The second-order valence-electron chi connectivity index (χ2n) is 4.49. The van der Waals surface area contributed by atoms with E-state index in [1.54, 1.807) is 0 Å². The van der Waals surface area contributed by atoms with Crippen LogP contribution in [0.1, 0.15) is 26.7 Å². The molecule has 15 heavy (non-hydrogen) atoms. The van der Waals surface area contributed by atoms with Gasteiger partial charge >= 0.3 is 0 Å². The zero-order chi connectivity index (χ0) is 11.3. The highest BCUT2D eigenvalue weighted by molar-refractivity contribution is 7.81. The van der Waals surface area contributed by atoms with E-state index in [0.717, 1.165) is 32.6 Å². The summed E-state index contributed by atoms with van der Waals surface area (Å²) in [7, 11) is 0. The Bertz CT molecular complexity index is 203. The number of hydrogen-bond donors (Lipinski definition) is 2. The lowest BCUT2D eigenvalue weighted by atomic mass is 10.0. The molecular formula is C11H21NO2S. The van der Waals surface area contributed by atoms with Gasteiger partial charge in [-0.15, -0.1) is 0 Å². The van der Waals surface area contributed by atoms with Crippen LogP contribution in [0.5, 0.6) is 0 Å². The van der Waals surface area contributed by atoms with Gasteiger partial charge in [0.05, 0.1) is 5.25 Å². The van der Waals surface area contributed by atoms with Crippen LogP contribution in [0.4, 0.5) is 0 Å². The van der Waals surface area contributed by atoms with Gasteiger partial charge in [-0.3, -0.25) is 4.79 Å². The minimum absolute atomic E-state index is 0.0554. The van der Waals surface area contributed by atoms with Crippen LogP contribution in [0.2, 0.25) is 0 Å². The third-order valence-corrected chi connectivity index (χ3v) is 3.64. The van der Waals surface area contributed by atoms with Crippen molar-refractivity contribution in [1.82, 2.24) is 5.32 Å². The number of hydrogen-bond acceptors (Lipinski definition) is 3. The first-order valence-electron chi connectivity index (χ1n) is 5.64. The number of thiol groups is 1. The first-order valence-corrected chi connectivity index (χ1v) is 6.16. The van der Waals surface area contributed by atoms with Crippen LogP contribution < -0.4 is 5.32 Å². The third-order valence-electron chi connectivity index (χ3n) is 2.81. The van der Waals surface area contributed by atoms with Gasteiger partial charge in [0.2, 0.25) is 5.91 Å². The SMILES string of the molecule is CC(C)C(S)C(=O)NCC1CCOCC1. The van der Waals surface area contributed by atoms with Crippen LogP contribution in [-0.2, 0) is 9.53 Å². The summed E-state index contributed by atoms with van der Waals surface area (Å²) < 4.78 is 5.26. The third kappa shape index (κ3) is 4.43. The molecular weight excluding hydrogens is 210 g/mol. The van der Waals surface area contributed by atoms with Crippen LogP contribution in [0, 0.1) is 11.8 Å². The highest BCUT2D eigenvalue weighted by Gasteiger charge is 2.19. The molecule has 1 rings (SSSR count). The van der Waals surface area contributed by atoms with Gasteiger partial charge in [0.1, 0.15) is 0 Å². The minimum Gasteiger partial charge on any atom is -0.381 e. The van der Waals surface area contributed by atoms with E-state index < -0.39 is 0 Å². The zero-order valence-electron chi connectivity index (χ0n) is 9.53. The smallest absolute Gasteiger partial charge is 0.233 e. The molecule has 0 aromatic carbocycles. The maximum absolute atomic E-state index is 11.6. The Labute approximate surface area is 97.4 Å². The van der Waals surface area contributed by atoms with Crippen LogP contribution in [0.25, 0.3) is 0 Å². The number of carbonyl (C=O) groups excluding carboxylic acids is 1. The van der Waals surface area contributed by atoms with E-state index in [1.807, 2.05) is 13.8 Å². The minimum atomic E-state index is -0.190. The molecule has 1 unspecified atom stereocenters. The monoisotopic (exact) mass is 231 g/mol. The van der Waals surface area contributed by atoms with E-state index in [1.165, 1.54) is 0 Å². The Balaban J connectivity index is 2.20. The topological polar surface area (TPSA) is 38.3 Å². The molecule has 1 atom stereocenters. The first kappa shape index (κ1) is 12.8. The Kier molecular flexibility index (Phi) is 5.47. The quantitative estimate of drug-likeness (QED) is 0.719. The van der Waals surface area contributed by atoms with E-state index in [-0.39, 0.29) is 17.1 Å². The molecule has 1 N–H and O–H groups in total. The summed E-state index contributed by atoms with van der Waals surface area (Å²) in [5.41, 5.74) is 0. The van der Waals surface area contributed by atoms with Crippen LogP contribution in [0.3, 0.4) is 0 Å².